The summed E-state index contributed by atoms with van der Waals surface area (Å²) in [6.45, 7) is 4.01. The summed E-state index contributed by atoms with van der Waals surface area (Å²) in [7, 11) is 1.67. The van der Waals surface area contributed by atoms with Gasteiger partial charge in [0.05, 0.1) is 19.3 Å². The van der Waals surface area contributed by atoms with Crippen LogP contribution in [0.5, 0.6) is 11.5 Å². The van der Waals surface area contributed by atoms with Gasteiger partial charge in [-0.25, -0.2) is 0 Å². The number of carbonyl (C=O) groups excluding carboxylic acids is 1. The molecule has 3 N–H and O–H groups in total. The van der Waals surface area contributed by atoms with E-state index in [2.05, 4.69) is 17.4 Å². The third-order valence-corrected chi connectivity index (χ3v) is 3.98. The highest BCUT2D eigenvalue weighted by Crippen LogP contribution is 2.17. The highest BCUT2D eigenvalue weighted by atomic mass is 16.5. The molecule has 0 fully saturated rings. The van der Waals surface area contributed by atoms with Gasteiger partial charge in [-0.3, -0.25) is 4.79 Å². The summed E-state index contributed by atoms with van der Waals surface area (Å²) in [5, 5.41) is 2.78. The van der Waals surface area contributed by atoms with Gasteiger partial charge in [-0.15, -0.1) is 0 Å². The largest absolute Gasteiger partial charge is 0.497 e. The molecule has 0 spiro atoms. The van der Waals surface area contributed by atoms with Gasteiger partial charge < -0.3 is 20.5 Å². The van der Waals surface area contributed by atoms with Gasteiger partial charge >= 0.3 is 0 Å². The first-order valence-electron chi connectivity index (χ1n) is 8.84. The molecule has 0 bridgehead atoms. The minimum absolute atomic E-state index is 0.218. The Morgan fingerprint density at radius 2 is 1.62 bits per heavy atom. The fourth-order valence-electron chi connectivity index (χ4n) is 2.34. The quantitative estimate of drug-likeness (QED) is 0.671. The zero-order valence-electron chi connectivity index (χ0n) is 15.7. The van der Waals surface area contributed by atoms with Crippen molar-refractivity contribution in [2.75, 3.05) is 19.0 Å². The predicted octanol–water partition coefficient (Wildman–Crippen LogP) is 3.77. The molecule has 2 rings (SSSR count). The van der Waals surface area contributed by atoms with Gasteiger partial charge in [-0.05, 0) is 75.1 Å². The maximum atomic E-state index is 11.8. The van der Waals surface area contributed by atoms with Crippen molar-refractivity contribution in [1.82, 2.24) is 0 Å². The van der Waals surface area contributed by atoms with Crippen LogP contribution in [-0.2, 0) is 11.2 Å². The molecular formula is C21H28N2O3. The highest BCUT2D eigenvalue weighted by Gasteiger charge is 2.21. The zero-order chi connectivity index (χ0) is 19.0. The number of ether oxygens (including phenoxy) is 2. The van der Waals surface area contributed by atoms with E-state index in [1.165, 1.54) is 5.56 Å². The Morgan fingerprint density at radius 3 is 2.19 bits per heavy atom. The van der Waals surface area contributed by atoms with Crippen LogP contribution in [0, 0.1) is 0 Å². The average molecular weight is 356 g/mol. The number of unbranched alkanes of at least 4 members (excludes halogenated alkanes) is 1. The molecule has 26 heavy (non-hydrogen) atoms. The lowest BCUT2D eigenvalue weighted by Gasteiger charge is -2.17. The van der Waals surface area contributed by atoms with Crippen molar-refractivity contribution in [3.8, 4) is 11.5 Å². The lowest BCUT2D eigenvalue weighted by molar-refractivity contribution is -0.120. The molecule has 5 nitrogen and oxygen atoms in total. The molecule has 140 valence electrons. The van der Waals surface area contributed by atoms with E-state index in [0.29, 0.717) is 12.3 Å². The maximum Gasteiger partial charge on any atom is 0.243 e. The lowest BCUT2D eigenvalue weighted by Crippen LogP contribution is -2.45. The Labute approximate surface area is 155 Å². The number of aryl methyl sites for hydroxylation is 1. The molecule has 2 aromatic carbocycles. The fraction of sp³-hybridized carbons (Fsp3) is 0.381. The lowest BCUT2D eigenvalue weighted by atomic mass is 10.1. The molecule has 2 aromatic rings. The van der Waals surface area contributed by atoms with Crippen molar-refractivity contribution in [3.63, 3.8) is 0 Å². The molecule has 1 amide bonds. The second-order valence-electron chi connectivity index (χ2n) is 6.85. The predicted molar refractivity (Wildman–Crippen MR) is 105 cm³/mol. The van der Waals surface area contributed by atoms with Gasteiger partial charge in [0.15, 0.2) is 0 Å². The number of methoxy groups -OCH3 is 1. The van der Waals surface area contributed by atoms with E-state index in [-0.39, 0.29) is 5.91 Å². The van der Waals surface area contributed by atoms with Crippen LogP contribution in [0.4, 0.5) is 5.69 Å². The molecule has 0 aliphatic rings. The minimum Gasteiger partial charge on any atom is -0.497 e. The average Bonchev–Trinajstić information content (AvgIpc) is 2.62. The van der Waals surface area contributed by atoms with Crippen LogP contribution in [0.25, 0.3) is 0 Å². The Balaban J connectivity index is 1.68. The van der Waals surface area contributed by atoms with Crippen LogP contribution in [0.15, 0.2) is 48.5 Å². The van der Waals surface area contributed by atoms with Gasteiger partial charge in [0, 0.05) is 5.69 Å². The van der Waals surface area contributed by atoms with Gasteiger partial charge in [0.2, 0.25) is 5.91 Å². The van der Waals surface area contributed by atoms with E-state index in [1.54, 1.807) is 21.0 Å². The van der Waals surface area contributed by atoms with Crippen molar-refractivity contribution >= 4 is 11.6 Å². The van der Waals surface area contributed by atoms with Crippen LogP contribution in [0.3, 0.4) is 0 Å². The molecule has 0 aromatic heterocycles. The second kappa shape index (κ2) is 9.25. The summed E-state index contributed by atoms with van der Waals surface area (Å²) in [6, 6.07) is 15.5. The third-order valence-electron chi connectivity index (χ3n) is 3.98. The first-order chi connectivity index (χ1) is 12.4. The molecule has 0 radical (unpaired) electrons. The van der Waals surface area contributed by atoms with E-state index in [9.17, 15) is 4.79 Å². The summed E-state index contributed by atoms with van der Waals surface area (Å²) in [4.78, 5) is 11.8. The van der Waals surface area contributed by atoms with E-state index in [4.69, 9.17) is 15.2 Å². The molecule has 0 aliphatic carbocycles. The van der Waals surface area contributed by atoms with Crippen LogP contribution in [0.2, 0.25) is 0 Å². The standard InChI is InChI=1S/C21H28N2O3/c1-21(2,22)20(24)23-17-9-13-19(14-10-17)26-15-5-4-6-16-7-11-18(25-3)12-8-16/h7-14H,4-6,15,22H2,1-3H3,(H,23,24). The summed E-state index contributed by atoms with van der Waals surface area (Å²) < 4.78 is 10.9. The Hall–Kier alpha value is -2.53. The van der Waals surface area contributed by atoms with Crippen molar-refractivity contribution in [2.24, 2.45) is 5.73 Å². The number of hydrogen-bond acceptors (Lipinski definition) is 4. The van der Waals surface area contributed by atoms with Crippen molar-refractivity contribution in [3.05, 3.63) is 54.1 Å². The third kappa shape index (κ3) is 6.41. The van der Waals surface area contributed by atoms with Crippen LogP contribution < -0.4 is 20.5 Å². The normalized spacial score (nSPS) is 11.1. The van der Waals surface area contributed by atoms with Crippen molar-refractivity contribution in [1.29, 1.82) is 0 Å². The molecule has 0 heterocycles. The number of carbonyl (C=O) groups is 1. The first kappa shape index (κ1) is 19.8. The smallest absolute Gasteiger partial charge is 0.243 e. The van der Waals surface area contributed by atoms with Gasteiger partial charge in [0.25, 0.3) is 0 Å². The number of nitrogens with one attached hydrogen (secondary N) is 1. The minimum atomic E-state index is -0.904. The molecule has 0 saturated carbocycles. The van der Waals surface area contributed by atoms with E-state index < -0.39 is 5.54 Å². The first-order valence-corrected chi connectivity index (χ1v) is 8.84. The maximum absolute atomic E-state index is 11.8. The Bertz CT molecular complexity index is 689. The van der Waals surface area contributed by atoms with E-state index in [0.717, 1.165) is 30.8 Å². The Morgan fingerprint density at radius 1 is 1.00 bits per heavy atom. The van der Waals surface area contributed by atoms with Gasteiger partial charge in [-0.1, -0.05) is 12.1 Å². The SMILES string of the molecule is COc1ccc(CCCCOc2ccc(NC(=O)C(C)(C)N)cc2)cc1. The molecule has 0 aliphatic heterocycles. The molecule has 0 saturated heterocycles. The molecule has 0 unspecified atom stereocenters. The number of nitrogens with two attached hydrogens (primary N) is 1. The summed E-state index contributed by atoms with van der Waals surface area (Å²) >= 11 is 0. The Kier molecular flexibility index (Phi) is 7.04. The summed E-state index contributed by atoms with van der Waals surface area (Å²) in [5.41, 5.74) is 6.87. The van der Waals surface area contributed by atoms with Crippen molar-refractivity contribution < 1.29 is 14.3 Å². The van der Waals surface area contributed by atoms with Crippen LogP contribution >= 0.6 is 0 Å². The number of anilines is 1. The summed E-state index contributed by atoms with van der Waals surface area (Å²) in [5.74, 6) is 1.45. The van der Waals surface area contributed by atoms with Crippen molar-refractivity contribution in [2.45, 2.75) is 38.6 Å². The van der Waals surface area contributed by atoms with Crippen LogP contribution in [0.1, 0.15) is 32.3 Å². The van der Waals surface area contributed by atoms with Gasteiger partial charge in [-0.2, -0.15) is 0 Å². The van der Waals surface area contributed by atoms with Gasteiger partial charge in [0.1, 0.15) is 11.5 Å². The fourth-order valence-corrected chi connectivity index (χ4v) is 2.34. The molecule has 5 heteroatoms. The number of benzene rings is 2. The second-order valence-corrected chi connectivity index (χ2v) is 6.85. The van der Waals surface area contributed by atoms with E-state index in [1.807, 2.05) is 36.4 Å². The number of rotatable bonds is 9. The number of amides is 1. The monoisotopic (exact) mass is 356 g/mol. The molecular weight excluding hydrogens is 328 g/mol. The number of hydrogen-bond donors (Lipinski definition) is 2. The van der Waals surface area contributed by atoms with E-state index >= 15 is 0 Å². The zero-order valence-corrected chi connectivity index (χ0v) is 15.7. The van der Waals surface area contributed by atoms with Crippen LogP contribution in [-0.4, -0.2) is 25.2 Å². The summed E-state index contributed by atoms with van der Waals surface area (Å²) in [6.07, 6.45) is 3.06. The highest BCUT2D eigenvalue weighted by molar-refractivity contribution is 5.97. The molecule has 0 atom stereocenters. The topological polar surface area (TPSA) is 73.6 Å².